The third kappa shape index (κ3) is 4.78. The summed E-state index contributed by atoms with van der Waals surface area (Å²) >= 11 is 4.01. The summed E-state index contributed by atoms with van der Waals surface area (Å²) in [7, 11) is 3.46. The van der Waals surface area contributed by atoms with Gasteiger partial charge in [0.25, 0.3) is 0 Å². The molecule has 0 atom stereocenters. The summed E-state index contributed by atoms with van der Waals surface area (Å²) in [5, 5.41) is 5.49. The first-order valence-corrected chi connectivity index (χ1v) is 16.0. The molecule has 6 aromatic rings. The average Bonchev–Trinajstić information content (AvgIpc) is 3.57. The molecule has 6 rings (SSSR count). The van der Waals surface area contributed by atoms with Gasteiger partial charge >= 0.3 is 0 Å². The van der Waals surface area contributed by atoms with Crippen molar-refractivity contribution in [3.63, 3.8) is 0 Å². The molecule has 4 aromatic carbocycles. The van der Waals surface area contributed by atoms with E-state index in [-0.39, 0.29) is 0 Å². The van der Waals surface area contributed by atoms with Crippen molar-refractivity contribution in [1.82, 2.24) is 0 Å². The average molecular weight is 565 g/mol. The SMILES string of the molecule is CCCCc1sc2c(ccc3ccc4c(-c5ccc(OC)cc5)c(CCCC)sc4c32)c1-c1ccc(OC)cc1. The fraction of sp³-hybridized carbons (Fsp3) is 0.278. The smallest absolute Gasteiger partial charge is 0.118 e. The van der Waals surface area contributed by atoms with Gasteiger partial charge in [0.2, 0.25) is 0 Å². The maximum atomic E-state index is 5.46. The summed E-state index contributed by atoms with van der Waals surface area (Å²) in [5.74, 6) is 1.80. The van der Waals surface area contributed by atoms with Crippen molar-refractivity contribution in [2.24, 2.45) is 0 Å². The Hall–Kier alpha value is -3.34. The molecule has 0 radical (unpaired) electrons. The second kappa shape index (κ2) is 11.6. The van der Waals surface area contributed by atoms with Crippen LogP contribution in [0.2, 0.25) is 0 Å². The fourth-order valence-corrected chi connectivity index (χ4v) is 8.70. The molecule has 2 aromatic heterocycles. The van der Waals surface area contributed by atoms with Crippen LogP contribution in [0.4, 0.5) is 0 Å². The number of aryl methyl sites for hydroxylation is 2. The minimum Gasteiger partial charge on any atom is -0.497 e. The normalized spacial score (nSPS) is 11.6. The van der Waals surface area contributed by atoms with Crippen molar-refractivity contribution in [1.29, 1.82) is 0 Å². The summed E-state index contributed by atoms with van der Waals surface area (Å²) < 4.78 is 13.8. The Morgan fingerprint density at radius 3 is 1.35 bits per heavy atom. The van der Waals surface area contributed by atoms with Gasteiger partial charge in [-0.2, -0.15) is 0 Å². The van der Waals surface area contributed by atoms with Gasteiger partial charge in [-0.1, -0.05) is 75.2 Å². The fourth-order valence-electron chi connectivity index (χ4n) is 5.78. The third-order valence-electron chi connectivity index (χ3n) is 7.91. The van der Waals surface area contributed by atoms with Crippen molar-refractivity contribution < 1.29 is 9.47 Å². The first-order valence-electron chi connectivity index (χ1n) is 14.4. The molecule has 0 aliphatic rings. The van der Waals surface area contributed by atoms with Gasteiger partial charge < -0.3 is 9.47 Å². The number of thiophene rings is 2. The van der Waals surface area contributed by atoms with Crippen molar-refractivity contribution in [2.75, 3.05) is 14.2 Å². The lowest BCUT2D eigenvalue weighted by atomic mass is 9.95. The Balaban J connectivity index is 1.63. The van der Waals surface area contributed by atoms with Crippen molar-refractivity contribution in [2.45, 2.75) is 52.4 Å². The van der Waals surface area contributed by atoms with Gasteiger partial charge in [0.1, 0.15) is 11.5 Å². The van der Waals surface area contributed by atoms with Crippen LogP contribution < -0.4 is 9.47 Å². The molecule has 0 bridgehead atoms. The van der Waals surface area contributed by atoms with Crippen LogP contribution in [0.5, 0.6) is 11.5 Å². The van der Waals surface area contributed by atoms with E-state index in [4.69, 9.17) is 9.47 Å². The van der Waals surface area contributed by atoms with Crippen LogP contribution in [-0.2, 0) is 12.8 Å². The number of unbranched alkanes of at least 4 members (excludes halogenated alkanes) is 2. The summed E-state index contributed by atoms with van der Waals surface area (Å²) in [4.78, 5) is 2.98. The molecular weight excluding hydrogens is 529 g/mol. The Morgan fingerprint density at radius 2 is 0.975 bits per heavy atom. The molecule has 0 fully saturated rings. The van der Waals surface area contributed by atoms with E-state index in [1.807, 2.05) is 22.7 Å². The second-order valence-electron chi connectivity index (χ2n) is 10.4. The van der Waals surface area contributed by atoms with Gasteiger partial charge in [-0.15, -0.1) is 22.7 Å². The maximum absolute atomic E-state index is 5.46. The molecule has 0 saturated heterocycles. The Kier molecular flexibility index (Phi) is 7.82. The van der Waals surface area contributed by atoms with Crippen molar-refractivity contribution in [3.8, 4) is 33.8 Å². The van der Waals surface area contributed by atoms with Gasteiger partial charge in [-0.05, 0) is 66.5 Å². The van der Waals surface area contributed by atoms with E-state index in [1.165, 1.54) is 88.6 Å². The number of ether oxygens (including phenoxy) is 2. The topological polar surface area (TPSA) is 18.5 Å². The third-order valence-corrected chi connectivity index (χ3v) is 10.5. The van der Waals surface area contributed by atoms with Gasteiger partial charge in [-0.25, -0.2) is 0 Å². The van der Waals surface area contributed by atoms with Crippen LogP contribution >= 0.6 is 22.7 Å². The van der Waals surface area contributed by atoms with Gasteiger partial charge in [-0.3, -0.25) is 0 Å². The number of rotatable bonds is 10. The standard InChI is InChI=1S/C36H36O2S2/c1-5-7-9-30-32(23-11-17-26(37-3)18-12-23)28-21-15-25-16-22-29-33(24-13-19-27(38-4)20-14-24)31(10-8-6-2)40-36(29)34(25)35(28)39-30/h11-22H,5-10H2,1-4H3. The van der Waals surface area contributed by atoms with E-state index in [2.05, 4.69) is 86.6 Å². The Bertz CT molecular complexity index is 1640. The van der Waals surface area contributed by atoms with Crippen LogP contribution in [-0.4, -0.2) is 14.2 Å². The summed E-state index contributed by atoms with van der Waals surface area (Å²) in [6, 6.07) is 26.6. The highest BCUT2D eigenvalue weighted by Gasteiger charge is 2.21. The largest absolute Gasteiger partial charge is 0.497 e. The van der Waals surface area contributed by atoms with Gasteiger partial charge in [0.05, 0.1) is 14.2 Å². The zero-order chi connectivity index (χ0) is 27.6. The highest BCUT2D eigenvalue weighted by Crippen LogP contribution is 2.49. The molecule has 4 heteroatoms. The zero-order valence-electron chi connectivity index (χ0n) is 23.8. The van der Waals surface area contributed by atoms with Crippen LogP contribution in [0.3, 0.4) is 0 Å². The molecular formula is C36H36O2S2. The zero-order valence-corrected chi connectivity index (χ0v) is 25.4. The molecule has 40 heavy (non-hydrogen) atoms. The first-order chi connectivity index (χ1) is 19.7. The van der Waals surface area contributed by atoms with E-state index in [9.17, 15) is 0 Å². The monoisotopic (exact) mass is 564 g/mol. The molecule has 0 amide bonds. The van der Waals surface area contributed by atoms with Crippen LogP contribution in [0, 0.1) is 0 Å². The second-order valence-corrected chi connectivity index (χ2v) is 12.7. The number of hydrogen-bond acceptors (Lipinski definition) is 4. The lowest BCUT2D eigenvalue weighted by molar-refractivity contribution is 0.415. The van der Waals surface area contributed by atoms with Crippen molar-refractivity contribution in [3.05, 3.63) is 82.6 Å². The highest BCUT2D eigenvalue weighted by molar-refractivity contribution is 7.23. The van der Waals surface area contributed by atoms with Crippen molar-refractivity contribution >= 4 is 53.6 Å². The number of fused-ring (bicyclic) bond motifs is 5. The molecule has 204 valence electrons. The molecule has 0 saturated carbocycles. The minimum atomic E-state index is 0.898. The van der Waals surface area contributed by atoms with E-state index in [0.29, 0.717) is 0 Å². The van der Waals surface area contributed by atoms with E-state index in [1.54, 1.807) is 14.2 Å². The molecule has 0 aliphatic heterocycles. The summed E-state index contributed by atoms with van der Waals surface area (Å²) in [6.45, 7) is 4.56. The van der Waals surface area contributed by atoms with Gasteiger partial charge in [0.15, 0.2) is 0 Å². The lowest BCUT2D eigenvalue weighted by Gasteiger charge is -2.08. The Morgan fingerprint density at radius 1 is 0.550 bits per heavy atom. The summed E-state index contributed by atoms with van der Waals surface area (Å²) in [5.41, 5.74) is 5.35. The quantitative estimate of drug-likeness (QED) is 0.165. The predicted octanol–water partition coefficient (Wildman–Crippen LogP) is 11.3. The molecule has 2 heterocycles. The highest BCUT2D eigenvalue weighted by atomic mass is 32.1. The first kappa shape index (κ1) is 26.9. The van der Waals surface area contributed by atoms with E-state index in [0.717, 1.165) is 24.3 Å². The number of hydrogen-bond donors (Lipinski definition) is 0. The van der Waals surface area contributed by atoms with Crippen LogP contribution in [0.15, 0.2) is 72.8 Å². The minimum absolute atomic E-state index is 0.898. The van der Waals surface area contributed by atoms with Crippen LogP contribution in [0.1, 0.15) is 49.3 Å². The number of benzene rings is 4. The molecule has 2 nitrogen and oxygen atoms in total. The van der Waals surface area contributed by atoms with E-state index < -0.39 is 0 Å². The van der Waals surface area contributed by atoms with Crippen LogP contribution in [0.25, 0.3) is 53.2 Å². The summed E-state index contributed by atoms with van der Waals surface area (Å²) in [6.07, 6.45) is 7.00. The van der Waals surface area contributed by atoms with Gasteiger partial charge in [0, 0.05) is 46.4 Å². The molecule has 0 N–H and O–H groups in total. The maximum Gasteiger partial charge on any atom is 0.118 e. The molecule has 0 spiro atoms. The number of methoxy groups -OCH3 is 2. The lowest BCUT2D eigenvalue weighted by Crippen LogP contribution is -1.87. The Labute approximate surface area is 245 Å². The van der Waals surface area contributed by atoms with E-state index >= 15 is 0 Å². The predicted molar refractivity (Wildman–Crippen MR) is 176 cm³/mol. The molecule has 0 aliphatic carbocycles. The molecule has 0 unspecified atom stereocenters.